The van der Waals surface area contributed by atoms with Crippen molar-refractivity contribution in [3.05, 3.63) is 53.6 Å². The lowest BCUT2D eigenvalue weighted by Crippen LogP contribution is -2.33. The van der Waals surface area contributed by atoms with Gasteiger partial charge in [0.05, 0.1) is 30.1 Å². The molecule has 0 aliphatic heterocycles. The van der Waals surface area contributed by atoms with Gasteiger partial charge in [0, 0.05) is 29.9 Å². The Hall–Kier alpha value is -3.58. The number of hydrogen-bond acceptors (Lipinski definition) is 7. The quantitative estimate of drug-likeness (QED) is 0.406. The molecule has 35 heavy (non-hydrogen) atoms. The highest BCUT2D eigenvalue weighted by molar-refractivity contribution is 7.13. The first-order chi connectivity index (χ1) is 16.7. The zero-order valence-electron chi connectivity index (χ0n) is 18.4. The van der Waals surface area contributed by atoms with Gasteiger partial charge >= 0.3 is 6.18 Å². The second-order valence-corrected chi connectivity index (χ2v) is 8.88. The average molecular weight is 504 g/mol. The van der Waals surface area contributed by atoms with E-state index in [2.05, 4.69) is 20.2 Å². The topological polar surface area (TPSA) is 114 Å². The second kappa shape index (κ2) is 8.89. The van der Waals surface area contributed by atoms with Crippen LogP contribution in [0.5, 0.6) is 0 Å². The van der Waals surface area contributed by atoms with Gasteiger partial charge in [-0.2, -0.15) is 23.4 Å². The van der Waals surface area contributed by atoms with Crippen LogP contribution in [0.2, 0.25) is 0 Å². The Balaban J connectivity index is 1.57. The standard InChI is InChI=1S/C22H20F3N7O2S/c1-2-34-14-6-13(7-14)31-10-17(19(30-31)18-15(22(23,24)25)4-3-5-27-18)32-9-12(8-28-32)21-29-16(11-35-21)20(26)33/h3-5,8-11,13-14H,2,6-7H2,1H3,(H2,26,33). The smallest absolute Gasteiger partial charge is 0.378 e. The van der Waals surface area contributed by atoms with Crippen molar-refractivity contribution in [1.29, 1.82) is 0 Å². The van der Waals surface area contributed by atoms with E-state index in [1.807, 2.05) is 6.92 Å². The number of nitrogens with zero attached hydrogens (tertiary/aromatic N) is 6. The fraction of sp³-hybridized carbons (Fsp3) is 0.318. The van der Waals surface area contributed by atoms with Crippen molar-refractivity contribution in [1.82, 2.24) is 29.5 Å². The van der Waals surface area contributed by atoms with Crippen LogP contribution < -0.4 is 5.73 Å². The van der Waals surface area contributed by atoms with E-state index in [9.17, 15) is 18.0 Å². The Kier molecular flexibility index (Phi) is 5.89. The number of pyridine rings is 1. The van der Waals surface area contributed by atoms with E-state index >= 15 is 0 Å². The van der Waals surface area contributed by atoms with Gasteiger partial charge in [-0.05, 0) is 31.9 Å². The number of carbonyl (C=O) groups excluding carboxylic acids is 1. The molecule has 0 unspecified atom stereocenters. The molecule has 1 fully saturated rings. The Labute approximate surface area is 201 Å². The highest BCUT2D eigenvalue weighted by Gasteiger charge is 2.37. The summed E-state index contributed by atoms with van der Waals surface area (Å²) in [4.78, 5) is 19.6. The number of carbonyl (C=O) groups is 1. The first-order valence-electron chi connectivity index (χ1n) is 10.8. The first kappa shape index (κ1) is 23.2. The van der Waals surface area contributed by atoms with Crippen molar-refractivity contribution < 1.29 is 22.7 Å². The predicted octanol–water partition coefficient (Wildman–Crippen LogP) is 4.11. The minimum absolute atomic E-state index is 0.00998. The number of ether oxygens (including phenoxy) is 1. The van der Waals surface area contributed by atoms with Gasteiger partial charge < -0.3 is 10.5 Å². The molecule has 1 saturated carbocycles. The second-order valence-electron chi connectivity index (χ2n) is 8.02. The van der Waals surface area contributed by atoms with Crippen LogP contribution in [0.1, 0.15) is 41.9 Å². The SMILES string of the molecule is CCOC1CC(n2cc(-n3cc(-c4nc(C(N)=O)cs4)cn3)c(-c3ncccc3C(F)(F)F)n2)C1. The molecule has 0 bridgehead atoms. The number of amides is 1. The molecule has 0 saturated heterocycles. The summed E-state index contributed by atoms with van der Waals surface area (Å²) in [5.41, 5.74) is 5.22. The molecule has 4 aromatic heterocycles. The molecule has 5 rings (SSSR count). The zero-order valence-corrected chi connectivity index (χ0v) is 19.3. The van der Waals surface area contributed by atoms with Crippen molar-refractivity contribution in [2.75, 3.05) is 6.61 Å². The maximum absolute atomic E-state index is 13.8. The van der Waals surface area contributed by atoms with E-state index < -0.39 is 17.6 Å². The van der Waals surface area contributed by atoms with Crippen LogP contribution in [0, 0.1) is 0 Å². The lowest BCUT2D eigenvalue weighted by molar-refractivity contribution is -0.137. The monoisotopic (exact) mass is 503 g/mol. The molecule has 1 amide bonds. The van der Waals surface area contributed by atoms with Gasteiger partial charge in [-0.25, -0.2) is 9.67 Å². The van der Waals surface area contributed by atoms with Crippen LogP contribution in [0.3, 0.4) is 0 Å². The third-order valence-corrected chi connectivity index (χ3v) is 6.62. The van der Waals surface area contributed by atoms with Crippen LogP contribution >= 0.6 is 11.3 Å². The number of halogens is 3. The summed E-state index contributed by atoms with van der Waals surface area (Å²) in [7, 11) is 0. The summed E-state index contributed by atoms with van der Waals surface area (Å²) in [6.07, 6.45) is 3.02. The van der Waals surface area contributed by atoms with Gasteiger partial charge in [0.25, 0.3) is 5.91 Å². The molecule has 13 heteroatoms. The van der Waals surface area contributed by atoms with Gasteiger partial charge in [-0.15, -0.1) is 11.3 Å². The van der Waals surface area contributed by atoms with Gasteiger partial charge in [-0.1, -0.05) is 0 Å². The summed E-state index contributed by atoms with van der Waals surface area (Å²) < 4.78 is 50.1. The number of primary amides is 1. The van der Waals surface area contributed by atoms with Gasteiger partial charge in [0.15, 0.2) is 0 Å². The van der Waals surface area contributed by atoms with Gasteiger partial charge in [0.1, 0.15) is 27.8 Å². The Morgan fingerprint density at radius 3 is 2.77 bits per heavy atom. The van der Waals surface area contributed by atoms with E-state index in [0.29, 0.717) is 35.7 Å². The van der Waals surface area contributed by atoms with E-state index in [0.717, 1.165) is 6.07 Å². The molecule has 182 valence electrons. The highest BCUT2D eigenvalue weighted by Crippen LogP contribution is 2.40. The van der Waals surface area contributed by atoms with Crippen molar-refractivity contribution in [2.45, 2.75) is 38.1 Å². The molecule has 4 aromatic rings. The maximum Gasteiger partial charge on any atom is 0.418 e. The minimum Gasteiger partial charge on any atom is -0.378 e. The van der Waals surface area contributed by atoms with E-state index in [1.165, 1.54) is 39.9 Å². The minimum atomic E-state index is -4.61. The normalized spacial score (nSPS) is 17.9. The summed E-state index contributed by atoms with van der Waals surface area (Å²) in [5, 5.41) is 10.9. The van der Waals surface area contributed by atoms with E-state index in [-0.39, 0.29) is 29.2 Å². The molecule has 0 aromatic carbocycles. The third-order valence-electron chi connectivity index (χ3n) is 5.73. The summed E-state index contributed by atoms with van der Waals surface area (Å²) >= 11 is 1.21. The van der Waals surface area contributed by atoms with Crippen LogP contribution in [0.25, 0.3) is 27.6 Å². The fourth-order valence-electron chi connectivity index (χ4n) is 3.94. The number of thiazole rings is 1. The predicted molar refractivity (Wildman–Crippen MR) is 121 cm³/mol. The van der Waals surface area contributed by atoms with Crippen LogP contribution in [0.4, 0.5) is 13.2 Å². The molecular weight excluding hydrogens is 483 g/mol. The van der Waals surface area contributed by atoms with Crippen molar-refractivity contribution in [3.63, 3.8) is 0 Å². The van der Waals surface area contributed by atoms with Crippen molar-refractivity contribution in [3.8, 4) is 27.6 Å². The van der Waals surface area contributed by atoms with Crippen molar-refractivity contribution in [2.24, 2.45) is 5.73 Å². The van der Waals surface area contributed by atoms with Crippen molar-refractivity contribution >= 4 is 17.2 Å². The Morgan fingerprint density at radius 2 is 2.09 bits per heavy atom. The molecule has 1 aliphatic carbocycles. The lowest BCUT2D eigenvalue weighted by atomic mass is 9.89. The van der Waals surface area contributed by atoms with E-state index in [1.54, 1.807) is 17.1 Å². The summed E-state index contributed by atoms with van der Waals surface area (Å²) in [6, 6.07) is 2.21. The third kappa shape index (κ3) is 4.44. The molecule has 4 heterocycles. The highest BCUT2D eigenvalue weighted by atomic mass is 32.1. The molecule has 1 aliphatic rings. The first-order valence-corrected chi connectivity index (χ1v) is 11.7. The number of alkyl halides is 3. The van der Waals surface area contributed by atoms with Crippen LogP contribution in [-0.2, 0) is 10.9 Å². The van der Waals surface area contributed by atoms with Gasteiger partial charge in [-0.3, -0.25) is 14.5 Å². The van der Waals surface area contributed by atoms with E-state index in [4.69, 9.17) is 10.5 Å². The van der Waals surface area contributed by atoms with Gasteiger partial charge in [0.2, 0.25) is 0 Å². The zero-order chi connectivity index (χ0) is 24.7. The number of nitrogens with two attached hydrogens (primary N) is 1. The molecule has 2 N–H and O–H groups in total. The number of rotatable bonds is 7. The molecule has 0 atom stereocenters. The Bertz CT molecular complexity index is 1370. The Morgan fingerprint density at radius 1 is 1.29 bits per heavy atom. The number of aromatic nitrogens is 6. The van der Waals surface area contributed by atoms with Crippen LogP contribution in [-0.4, -0.2) is 48.1 Å². The summed E-state index contributed by atoms with van der Waals surface area (Å²) in [6.45, 7) is 2.52. The largest absolute Gasteiger partial charge is 0.418 e. The maximum atomic E-state index is 13.8. The van der Waals surface area contributed by atoms with Crippen LogP contribution in [0.15, 0.2) is 42.3 Å². The molecule has 0 radical (unpaired) electrons. The molecule has 9 nitrogen and oxygen atoms in total. The molecule has 0 spiro atoms. The fourth-order valence-corrected chi connectivity index (χ4v) is 4.72. The summed E-state index contributed by atoms with van der Waals surface area (Å²) in [5.74, 6) is -0.649. The molecular formula is C22H20F3N7O2S. The average Bonchev–Trinajstić information content (AvgIpc) is 3.54. The number of hydrogen-bond donors (Lipinski definition) is 1. The lowest BCUT2D eigenvalue weighted by Gasteiger charge is -2.34.